The number of pyridine rings is 1. The second-order valence-corrected chi connectivity index (χ2v) is 15.3. The molecular weight excluding hydrogens is 801 g/mol. The molecule has 8 rings (SSSR count). The van der Waals surface area contributed by atoms with E-state index in [1.54, 1.807) is 85.1 Å². The van der Waals surface area contributed by atoms with Crippen LogP contribution in [0.3, 0.4) is 0 Å². The van der Waals surface area contributed by atoms with Crippen LogP contribution in [-0.2, 0) is 28.7 Å². The van der Waals surface area contributed by atoms with Crippen LogP contribution in [0, 0.1) is 0 Å². The van der Waals surface area contributed by atoms with Crippen molar-refractivity contribution in [3.63, 3.8) is 0 Å². The van der Waals surface area contributed by atoms with E-state index in [1.165, 1.54) is 17.8 Å². The number of anilines is 1. The zero-order chi connectivity index (χ0) is 42.1. The van der Waals surface area contributed by atoms with E-state index < -0.39 is 41.7 Å². The first-order chi connectivity index (χ1) is 28.8. The van der Waals surface area contributed by atoms with Crippen LogP contribution in [0.2, 0.25) is 0 Å². The number of carbonyl (C=O) groups excluding carboxylic acids is 2. The minimum Gasteiger partial charge on any atom is -0.346 e. The van der Waals surface area contributed by atoms with Crippen molar-refractivity contribution in [3.8, 4) is 22.3 Å². The van der Waals surface area contributed by atoms with Crippen LogP contribution < -0.4 is 10.6 Å². The standard InChI is InChI=1S/C46H35F6N5O2S/c47-45(48,49)28-54-42(59)44(37-16-6-4-14-34(37)35-15-5-7-17-38(35)44)22-10-24-57-40-21-19-31(26-39(40)56-43(57)60-27-32-13-8-9-23-53-32)55-41(58)36-25-30(46(50,51)52)18-20-33(36)29-11-2-1-3-12-29/h1-9,11-21,23,25-26H,10,22,24,27-28H2,(H,54,59)(H,55,58). The highest BCUT2D eigenvalue weighted by atomic mass is 32.2. The Bertz CT molecular complexity index is 2660. The van der Waals surface area contributed by atoms with Gasteiger partial charge in [0, 0.05) is 29.7 Å². The molecule has 1 aliphatic carbocycles. The summed E-state index contributed by atoms with van der Waals surface area (Å²) in [5, 5.41) is 5.54. The molecule has 2 N–H and O–H groups in total. The Labute approximate surface area is 344 Å². The highest BCUT2D eigenvalue weighted by Gasteiger charge is 2.49. The minimum absolute atomic E-state index is 0.156. The maximum absolute atomic E-state index is 14.1. The van der Waals surface area contributed by atoms with Gasteiger partial charge in [-0.1, -0.05) is 103 Å². The average Bonchev–Trinajstić information content (AvgIpc) is 3.74. The number of imidazole rings is 1. The van der Waals surface area contributed by atoms with Crippen LogP contribution in [0.15, 0.2) is 145 Å². The van der Waals surface area contributed by atoms with Crippen LogP contribution in [0.4, 0.5) is 32.0 Å². The molecule has 0 aliphatic heterocycles. The van der Waals surface area contributed by atoms with Gasteiger partial charge in [0.05, 0.1) is 22.3 Å². The molecule has 2 aromatic heterocycles. The summed E-state index contributed by atoms with van der Waals surface area (Å²) in [4.78, 5) is 37.2. The lowest BCUT2D eigenvalue weighted by molar-refractivity contribution is -0.141. The first kappa shape index (κ1) is 40.4. The third-order valence-electron chi connectivity index (χ3n) is 10.6. The molecule has 0 saturated heterocycles. The first-order valence-corrected chi connectivity index (χ1v) is 20.0. The molecule has 2 amide bonds. The average molecular weight is 836 g/mol. The Hall–Kier alpha value is -6.41. The van der Waals surface area contributed by atoms with Gasteiger partial charge < -0.3 is 15.2 Å². The number of carbonyl (C=O) groups is 2. The number of halogens is 6. The van der Waals surface area contributed by atoms with E-state index in [4.69, 9.17) is 4.98 Å². The van der Waals surface area contributed by atoms with Crippen LogP contribution in [0.5, 0.6) is 0 Å². The Balaban J connectivity index is 1.12. The monoisotopic (exact) mass is 835 g/mol. The zero-order valence-corrected chi connectivity index (χ0v) is 32.5. The number of alkyl halides is 6. The van der Waals surface area contributed by atoms with E-state index in [0.717, 1.165) is 29.0 Å². The van der Waals surface area contributed by atoms with Gasteiger partial charge in [-0.3, -0.25) is 14.6 Å². The third kappa shape index (κ3) is 8.11. The SMILES string of the molecule is O=C(Nc1ccc2c(c1)nc(SCc1ccccn1)n2CCCC1(C(=O)NCC(F)(F)F)c2ccccc2-c2ccccc21)c1cc(C(F)(F)F)ccc1-c1ccccc1. The highest BCUT2D eigenvalue weighted by molar-refractivity contribution is 7.98. The lowest BCUT2D eigenvalue weighted by Gasteiger charge is -2.31. The van der Waals surface area contributed by atoms with E-state index in [9.17, 15) is 35.9 Å². The molecule has 0 radical (unpaired) electrons. The number of rotatable bonds is 12. The van der Waals surface area contributed by atoms with Crippen molar-refractivity contribution in [3.05, 3.63) is 168 Å². The predicted molar refractivity (Wildman–Crippen MR) is 219 cm³/mol. The number of amides is 2. The minimum atomic E-state index is -4.67. The van der Waals surface area contributed by atoms with E-state index in [-0.39, 0.29) is 12.0 Å². The Morgan fingerprint density at radius 3 is 2.08 bits per heavy atom. The maximum atomic E-state index is 14.1. The molecule has 304 valence electrons. The summed E-state index contributed by atoms with van der Waals surface area (Å²) in [6.07, 6.45) is -7.08. The summed E-state index contributed by atoms with van der Waals surface area (Å²) in [7, 11) is 0. The molecule has 0 saturated carbocycles. The Morgan fingerprint density at radius 1 is 0.733 bits per heavy atom. The molecule has 60 heavy (non-hydrogen) atoms. The van der Waals surface area contributed by atoms with E-state index in [1.807, 2.05) is 41.0 Å². The van der Waals surface area contributed by atoms with Gasteiger partial charge in [-0.05, 0) is 88.7 Å². The quantitative estimate of drug-likeness (QED) is 0.0945. The lowest BCUT2D eigenvalue weighted by atomic mass is 9.73. The molecule has 7 nitrogen and oxygen atoms in total. The second kappa shape index (κ2) is 16.3. The van der Waals surface area contributed by atoms with E-state index in [2.05, 4.69) is 15.6 Å². The van der Waals surface area contributed by atoms with Gasteiger partial charge in [0.2, 0.25) is 5.91 Å². The van der Waals surface area contributed by atoms with Crippen LogP contribution >= 0.6 is 11.8 Å². The molecule has 5 aromatic carbocycles. The number of benzene rings is 5. The van der Waals surface area contributed by atoms with Crippen molar-refractivity contribution >= 4 is 40.3 Å². The summed E-state index contributed by atoms with van der Waals surface area (Å²) < 4.78 is 83.8. The summed E-state index contributed by atoms with van der Waals surface area (Å²) in [6.45, 7) is -1.16. The molecule has 0 bridgehead atoms. The second-order valence-electron chi connectivity index (χ2n) is 14.3. The zero-order valence-electron chi connectivity index (χ0n) is 31.6. The third-order valence-corrected chi connectivity index (χ3v) is 11.6. The fourth-order valence-corrected chi connectivity index (χ4v) is 8.85. The molecule has 0 spiro atoms. The van der Waals surface area contributed by atoms with Crippen LogP contribution in [-0.4, -0.2) is 39.1 Å². The van der Waals surface area contributed by atoms with Gasteiger partial charge in [0.15, 0.2) is 5.16 Å². The molecule has 0 unspecified atom stereocenters. The normalized spacial score (nSPS) is 13.2. The van der Waals surface area contributed by atoms with E-state index >= 15 is 0 Å². The molecule has 0 fully saturated rings. The van der Waals surface area contributed by atoms with Crippen LogP contribution in [0.25, 0.3) is 33.3 Å². The van der Waals surface area contributed by atoms with Gasteiger partial charge >= 0.3 is 12.4 Å². The number of nitrogens with zero attached hydrogens (tertiary/aromatic N) is 3. The maximum Gasteiger partial charge on any atom is 0.416 e. The summed E-state index contributed by atoms with van der Waals surface area (Å²) >= 11 is 1.41. The number of hydrogen-bond acceptors (Lipinski definition) is 5. The fourth-order valence-electron chi connectivity index (χ4n) is 7.90. The molecule has 0 atom stereocenters. The summed E-state index contributed by atoms with van der Waals surface area (Å²) in [5.74, 6) is -1.03. The lowest BCUT2D eigenvalue weighted by Crippen LogP contribution is -2.47. The highest BCUT2D eigenvalue weighted by Crippen LogP contribution is 2.51. The smallest absolute Gasteiger partial charge is 0.346 e. The van der Waals surface area contributed by atoms with Gasteiger partial charge in [-0.2, -0.15) is 26.3 Å². The molecule has 2 heterocycles. The fraction of sp³-hybridized carbons (Fsp3) is 0.174. The summed E-state index contributed by atoms with van der Waals surface area (Å²) in [5.41, 5.74) is 3.45. The van der Waals surface area contributed by atoms with Gasteiger partial charge in [0.1, 0.15) is 12.0 Å². The number of aromatic nitrogens is 3. The van der Waals surface area contributed by atoms with Crippen molar-refractivity contribution in [2.45, 2.75) is 48.1 Å². The molecule has 1 aliphatic rings. The van der Waals surface area contributed by atoms with Gasteiger partial charge in [-0.25, -0.2) is 4.98 Å². The van der Waals surface area contributed by atoms with Crippen LogP contribution in [0.1, 0.15) is 45.6 Å². The first-order valence-electron chi connectivity index (χ1n) is 19.0. The van der Waals surface area contributed by atoms with Crippen molar-refractivity contribution in [1.29, 1.82) is 0 Å². The largest absolute Gasteiger partial charge is 0.416 e. The topological polar surface area (TPSA) is 88.9 Å². The molecule has 7 aromatic rings. The number of aryl methyl sites for hydroxylation is 1. The van der Waals surface area contributed by atoms with Crippen molar-refractivity contribution in [2.24, 2.45) is 0 Å². The molecular formula is C46H35F6N5O2S. The number of hydrogen-bond donors (Lipinski definition) is 2. The number of nitrogens with one attached hydrogen (secondary N) is 2. The number of fused-ring (bicyclic) bond motifs is 4. The Kier molecular flexibility index (Phi) is 11.0. The van der Waals surface area contributed by atoms with Gasteiger partial charge in [-0.15, -0.1) is 0 Å². The van der Waals surface area contributed by atoms with Crippen molar-refractivity contribution < 1.29 is 35.9 Å². The summed E-state index contributed by atoms with van der Waals surface area (Å²) in [6, 6.07) is 36.9. The number of thioether (sulfide) groups is 1. The Morgan fingerprint density at radius 2 is 1.42 bits per heavy atom. The van der Waals surface area contributed by atoms with Crippen molar-refractivity contribution in [1.82, 2.24) is 19.9 Å². The van der Waals surface area contributed by atoms with E-state index in [0.29, 0.717) is 62.8 Å². The van der Waals surface area contributed by atoms with Gasteiger partial charge in [0.25, 0.3) is 5.91 Å². The predicted octanol–water partition coefficient (Wildman–Crippen LogP) is 11.1. The molecule has 14 heteroatoms. The van der Waals surface area contributed by atoms with Crippen molar-refractivity contribution in [2.75, 3.05) is 11.9 Å².